The van der Waals surface area contributed by atoms with Crippen LogP contribution in [0.1, 0.15) is 4.11 Å². The molecule has 0 amide bonds. The van der Waals surface area contributed by atoms with Gasteiger partial charge in [-0.15, -0.1) is 0 Å². The maximum absolute atomic E-state index is 8.12. The van der Waals surface area contributed by atoms with Crippen molar-refractivity contribution in [2.24, 2.45) is 6.98 Å². The molecule has 262 valence electrons. The Hall–Kier alpha value is -7.02. The third-order valence-corrected chi connectivity index (χ3v) is 15.4. The molecule has 0 radical (unpaired) electrons. The minimum Gasteiger partial charge on any atom is -0.457 e. The van der Waals surface area contributed by atoms with Crippen molar-refractivity contribution >= 4 is 61.7 Å². The van der Waals surface area contributed by atoms with Gasteiger partial charge in [0.25, 0.3) is 0 Å². The van der Waals surface area contributed by atoms with Crippen LogP contribution in [0, 0.1) is 0 Å². The van der Waals surface area contributed by atoms with E-state index >= 15 is 0 Å². The topological polar surface area (TPSA) is 35.9 Å². The van der Waals surface area contributed by atoms with Crippen molar-refractivity contribution in [2.45, 2.75) is 0 Å². The Labute approximate surface area is 324 Å². The number of benzene rings is 7. The first kappa shape index (κ1) is 29.4. The second-order valence-corrected chi connectivity index (χ2v) is 17.5. The molecule has 0 aliphatic heterocycles. The summed E-state index contributed by atoms with van der Waals surface area (Å²) < 4.78 is 36.4. The van der Waals surface area contributed by atoms with E-state index in [1.807, 2.05) is 65.4 Å². The minimum atomic E-state index is -2.81. The lowest BCUT2D eigenvalue weighted by Gasteiger charge is -2.34. The maximum Gasteiger partial charge on any atom is 0.249 e. The fourth-order valence-corrected chi connectivity index (χ4v) is 13.0. The smallest absolute Gasteiger partial charge is 0.249 e. The first-order chi connectivity index (χ1) is 28.4. The largest absolute Gasteiger partial charge is 0.457 e. The van der Waals surface area contributed by atoms with Gasteiger partial charge in [-0.2, -0.15) is 4.57 Å². The summed E-state index contributed by atoms with van der Waals surface area (Å²) in [6.45, 7) is -2.32. The molecule has 10 aromatic rings. The van der Waals surface area contributed by atoms with E-state index in [2.05, 4.69) is 144 Å². The van der Waals surface area contributed by atoms with Crippen LogP contribution in [0.25, 0.3) is 44.3 Å². The van der Waals surface area contributed by atoms with Gasteiger partial charge in [-0.3, -0.25) is 4.57 Å². The molecule has 0 saturated carbocycles. The fraction of sp³-hybridized carbons (Fsp3) is 0.0204. The summed E-state index contributed by atoms with van der Waals surface area (Å²) in [6.07, 6.45) is 3.59. The molecule has 0 fully saturated rings. The monoisotopic (exact) mass is 728 g/mol. The molecule has 0 aliphatic rings. The highest BCUT2D eigenvalue weighted by atomic mass is 28.3. The number of ether oxygens (including phenoxy) is 1. The molecule has 0 atom stereocenters. The van der Waals surface area contributed by atoms with Crippen LogP contribution in [0.15, 0.2) is 207 Å². The molecule has 0 N–H and O–H groups in total. The van der Waals surface area contributed by atoms with Gasteiger partial charge >= 0.3 is 0 Å². The number of pyridine rings is 1. The Balaban J connectivity index is 1.12. The highest BCUT2D eigenvalue weighted by Crippen LogP contribution is 2.35. The van der Waals surface area contributed by atoms with Crippen molar-refractivity contribution < 1.29 is 13.4 Å². The van der Waals surface area contributed by atoms with Crippen LogP contribution in [0.3, 0.4) is 0 Å². The predicted octanol–water partition coefficient (Wildman–Crippen LogP) is 8.12. The number of imidazole rings is 1. The average Bonchev–Trinajstić information content (AvgIpc) is 3.82. The summed E-state index contributed by atoms with van der Waals surface area (Å²) in [5.41, 5.74) is 4.22. The minimum absolute atomic E-state index is 0.626. The first-order valence-electron chi connectivity index (χ1n) is 19.9. The van der Waals surface area contributed by atoms with Crippen molar-refractivity contribution in [3.05, 3.63) is 207 Å². The van der Waals surface area contributed by atoms with Crippen molar-refractivity contribution in [3.8, 4) is 23.0 Å². The van der Waals surface area contributed by atoms with Gasteiger partial charge in [-0.25, -0.2) is 9.55 Å². The standard InChI is InChI=1S/C49H37N4OSi/c1-51-35-52(47-27-14-13-26-46(47)51)36-16-15-17-37(32-36)54-38-28-29-44-43-24-11-12-25-45(43)53(48(44)33-38)49-34-42(30-31-50-49)55(39-18-5-2-6-19-39,40-20-7-3-8-21-40)41-22-9-4-10-23-41/h2-35H,1H3/q+1/i1D3. The summed E-state index contributed by atoms with van der Waals surface area (Å²) in [5, 5.41) is 7.34. The number of aromatic nitrogens is 4. The summed E-state index contributed by atoms with van der Waals surface area (Å²) in [7, 11) is -2.81. The molecule has 6 heteroatoms. The second kappa shape index (κ2) is 13.4. The SMILES string of the molecule is [2H]C([2H])([2H])[n+]1cn(-c2cccc(Oc3ccc4c5ccccc5n(-c5cc([Si](c6ccccc6)(c6ccccc6)c6ccccc6)ccn5)c4c3)c2)c2ccccc21. The molecular weight excluding hydrogens is 689 g/mol. The number of rotatable bonds is 8. The van der Waals surface area contributed by atoms with Crippen LogP contribution in [0.2, 0.25) is 0 Å². The number of aryl methyl sites for hydroxylation is 1. The van der Waals surface area contributed by atoms with E-state index in [1.165, 1.54) is 25.3 Å². The van der Waals surface area contributed by atoms with E-state index in [-0.39, 0.29) is 0 Å². The Bertz CT molecular complexity index is 2990. The summed E-state index contributed by atoms with van der Waals surface area (Å²) in [4.78, 5) is 5.08. The summed E-state index contributed by atoms with van der Waals surface area (Å²) in [5.74, 6) is 2.12. The van der Waals surface area contributed by atoms with Crippen LogP contribution >= 0.6 is 0 Å². The zero-order valence-electron chi connectivity index (χ0n) is 32.8. The van der Waals surface area contributed by atoms with E-state index in [1.54, 1.807) is 6.33 Å². The summed E-state index contributed by atoms with van der Waals surface area (Å²) in [6, 6.07) is 67.1. The molecule has 0 unspecified atom stereocenters. The van der Waals surface area contributed by atoms with Gasteiger partial charge in [-0.1, -0.05) is 127 Å². The van der Waals surface area contributed by atoms with Crippen LogP contribution < -0.4 is 30.1 Å². The molecule has 3 heterocycles. The molecule has 5 nitrogen and oxygen atoms in total. The molecule has 55 heavy (non-hydrogen) atoms. The second-order valence-electron chi connectivity index (χ2n) is 13.7. The number of hydrogen-bond donors (Lipinski definition) is 0. The highest BCUT2D eigenvalue weighted by Gasteiger charge is 2.41. The molecule has 0 aliphatic carbocycles. The van der Waals surface area contributed by atoms with Gasteiger partial charge in [0.05, 0.1) is 22.1 Å². The third kappa shape index (κ3) is 5.46. The first-order valence-corrected chi connectivity index (χ1v) is 20.4. The normalized spacial score (nSPS) is 12.8. The Kier molecular flexibility index (Phi) is 7.19. The van der Waals surface area contributed by atoms with E-state index in [4.69, 9.17) is 13.8 Å². The van der Waals surface area contributed by atoms with E-state index in [0.717, 1.165) is 38.8 Å². The average molecular weight is 729 g/mol. The van der Waals surface area contributed by atoms with Crippen molar-refractivity contribution in [3.63, 3.8) is 0 Å². The summed E-state index contributed by atoms with van der Waals surface area (Å²) >= 11 is 0. The third-order valence-electron chi connectivity index (χ3n) is 10.6. The highest BCUT2D eigenvalue weighted by molar-refractivity contribution is 7.19. The van der Waals surface area contributed by atoms with Crippen LogP contribution in [0.5, 0.6) is 11.5 Å². The number of para-hydroxylation sites is 3. The van der Waals surface area contributed by atoms with Crippen molar-refractivity contribution in [2.75, 3.05) is 0 Å². The number of fused-ring (bicyclic) bond motifs is 4. The molecule has 3 aromatic heterocycles. The van der Waals surface area contributed by atoms with E-state index < -0.39 is 15.0 Å². The van der Waals surface area contributed by atoms with Gasteiger partial charge < -0.3 is 4.74 Å². The van der Waals surface area contributed by atoms with E-state index in [9.17, 15) is 0 Å². The van der Waals surface area contributed by atoms with Crippen molar-refractivity contribution in [1.82, 2.24) is 14.1 Å². The van der Waals surface area contributed by atoms with Gasteiger partial charge in [0, 0.05) is 29.1 Å². The molecule has 7 aromatic carbocycles. The van der Waals surface area contributed by atoms with Gasteiger partial charge in [0.1, 0.15) is 23.0 Å². The lowest BCUT2D eigenvalue weighted by molar-refractivity contribution is -0.645. The Morgan fingerprint density at radius 3 is 1.85 bits per heavy atom. The van der Waals surface area contributed by atoms with Gasteiger partial charge in [-0.05, 0) is 75.3 Å². The number of hydrogen-bond acceptors (Lipinski definition) is 2. The lowest BCUT2D eigenvalue weighted by Crippen LogP contribution is -2.74. The Morgan fingerprint density at radius 2 is 1.15 bits per heavy atom. The van der Waals surface area contributed by atoms with Crippen LogP contribution in [-0.4, -0.2) is 22.2 Å². The molecule has 0 spiro atoms. The van der Waals surface area contributed by atoms with E-state index in [0.29, 0.717) is 17.0 Å². The Morgan fingerprint density at radius 1 is 0.527 bits per heavy atom. The van der Waals surface area contributed by atoms with Crippen LogP contribution in [0.4, 0.5) is 0 Å². The fourth-order valence-electron chi connectivity index (χ4n) is 8.25. The molecule has 0 saturated heterocycles. The van der Waals surface area contributed by atoms with Crippen molar-refractivity contribution in [1.29, 1.82) is 0 Å². The molecule has 10 rings (SSSR count). The van der Waals surface area contributed by atoms with Crippen LogP contribution in [-0.2, 0) is 6.98 Å². The predicted molar refractivity (Wildman–Crippen MR) is 227 cm³/mol. The molecular formula is C49H37N4OSi+. The van der Waals surface area contributed by atoms with Gasteiger partial charge in [0.2, 0.25) is 6.33 Å². The zero-order valence-corrected chi connectivity index (χ0v) is 30.8. The maximum atomic E-state index is 8.12. The zero-order chi connectivity index (χ0) is 39.3. The molecule has 0 bridgehead atoms. The lowest BCUT2D eigenvalue weighted by atomic mass is 10.1. The van der Waals surface area contributed by atoms with Gasteiger partial charge in [0.15, 0.2) is 19.1 Å². The quantitative estimate of drug-likeness (QED) is 0.0901. The number of nitrogens with zero attached hydrogens (tertiary/aromatic N) is 4.